The number of halogens is 2. The number of imidazole rings is 1. The summed E-state index contributed by atoms with van der Waals surface area (Å²) in [5.41, 5.74) is 3.67. The van der Waals surface area contributed by atoms with Crippen LogP contribution in [0.1, 0.15) is 5.56 Å². The summed E-state index contributed by atoms with van der Waals surface area (Å²) in [5.74, 6) is 0.740. The number of ether oxygens (including phenoxy) is 1. The molecule has 0 fully saturated rings. The zero-order valence-corrected chi connectivity index (χ0v) is 13.7. The Kier molecular flexibility index (Phi) is 3.69. The van der Waals surface area contributed by atoms with Crippen molar-refractivity contribution in [3.63, 3.8) is 0 Å². The van der Waals surface area contributed by atoms with E-state index in [4.69, 9.17) is 40.2 Å². The average Bonchev–Trinajstić information content (AvgIpc) is 2.74. The van der Waals surface area contributed by atoms with Gasteiger partial charge in [-0.3, -0.25) is 4.57 Å². The Bertz CT molecular complexity index is 899. The third-order valence-corrected chi connectivity index (χ3v) is 4.31. The van der Waals surface area contributed by atoms with Crippen molar-refractivity contribution in [2.45, 2.75) is 6.92 Å². The number of benzene rings is 2. The van der Waals surface area contributed by atoms with Crippen LogP contribution >= 0.6 is 35.4 Å². The molecule has 1 N–H and O–H groups in total. The van der Waals surface area contributed by atoms with Crippen molar-refractivity contribution in [1.82, 2.24) is 9.55 Å². The van der Waals surface area contributed by atoms with Gasteiger partial charge in [-0.1, -0.05) is 29.3 Å². The van der Waals surface area contributed by atoms with Gasteiger partial charge >= 0.3 is 0 Å². The quantitative estimate of drug-likeness (QED) is 0.641. The second-order valence-corrected chi connectivity index (χ2v) is 5.93. The molecule has 0 aliphatic heterocycles. The van der Waals surface area contributed by atoms with Gasteiger partial charge in [0, 0.05) is 0 Å². The number of nitrogens with one attached hydrogen (secondary N) is 1. The molecule has 3 rings (SSSR count). The van der Waals surface area contributed by atoms with Crippen molar-refractivity contribution >= 4 is 46.5 Å². The van der Waals surface area contributed by atoms with Crippen LogP contribution in [0.4, 0.5) is 0 Å². The van der Waals surface area contributed by atoms with Crippen LogP contribution in [0.5, 0.6) is 5.75 Å². The van der Waals surface area contributed by atoms with E-state index in [9.17, 15) is 0 Å². The number of aryl methyl sites for hydroxylation is 1. The standard InChI is InChI=1S/C15H12Cl2N2OS/c1-8-3-4-14(20-2)13(5-8)19-12-7-10(17)9(16)6-11(12)18-15(19)21/h3-7H,1-2H3,(H,18,21). The zero-order chi connectivity index (χ0) is 15.1. The van der Waals surface area contributed by atoms with Gasteiger partial charge in [0.15, 0.2) is 4.77 Å². The Morgan fingerprint density at radius 3 is 2.57 bits per heavy atom. The van der Waals surface area contributed by atoms with Crippen LogP contribution in [0.15, 0.2) is 30.3 Å². The lowest BCUT2D eigenvalue weighted by molar-refractivity contribution is 0.413. The molecule has 0 amide bonds. The van der Waals surface area contributed by atoms with E-state index >= 15 is 0 Å². The minimum absolute atomic E-state index is 0.485. The molecule has 108 valence electrons. The number of methoxy groups -OCH3 is 1. The molecule has 0 saturated carbocycles. The third-order valence-electron chi connectivity index (χ3n) is 3.30. The van der Waals surface area contributed by atoms with Crippen LogP contribution in [0, 0.1) is 11.7 Å². The summed E-state index contributed by atoms with van der Waals surface area (Å²) >= 11 is 17.6. The van der Waals surface area contributed by atoms with Gasteiger partial charge in [0.05, 0.1) is 33.9 Å². The summed E-state index contributed by atoms with van der Waals surface area (Å²) in [6.45, 7) is 2.02. The number of hydrogen-bond acceptors (Lipinski definition) is 2. The Balaban J connectivity index is 2.40. The predicted octanol–water partition coefficient (Wildman–Crippen LogP) is 5.31. The number of nitrogens with zero attached hydrogens (tertiary/aromatic N) is 1. The van der Waals surface area contributed by atoms with Crippen LogP contribution in [0.25, 0.3) is 16.7 Å². The second-order valence-electron chi connectivity index (χ2n) is 4.72. The Morgan fingerprint density at radius 2 is 1.86 bits per heavy atom. The van der Waals surface area contributed by atoms with Crippen LogP contribution < -0.4 is 4.74 Å². The molecule has 3 nitrogen and oxygen atoms in total. The predicted molar refractivity (Wildman–Crippen MR) is 89.8 cm³/mol. The van der Waals surface area contributed by atoms with Gasteiger partial charge in [0.2, 0.25) is 0 Å². The monoisotopic (exact) mass is 338 g/mol. The van der Waals surface area contributed by atoms with Crippen molar-refractivity contribution in [3.05, 3.63) is 50.7 Å². The highest BCUT2D eigenvalue weighted by atomic mass is 35.5. The molecule has 2 aromatic carbocycles. The molecule has 0 radical (unpaired) electrons. The molecule has 1 heterocycles. The molecule has 0 bridgehead atoms. The smallest absolute Gasteiger partial charge is 0.182 e. The van der Waals surface area contributed by atoms with Crippen molar-refractivity contribution in [3.8, 4) is 11.4 Å². The van der Waals surface area contributed by atoms with E-state index in [0.29, 0.717) is 14.8 Å². The Hall–Kier alpha value is -1.49. The van der Waals surface area contributed by atoms with E-state index in [-0.39, 0.29) is 0 Å². The third kappa shape index (κ3) is 2.44. The van der Waals surface area contributed by atoms with Gasteiger partial charge in [-0.15, -0.1) is 0 Å². The molecule has 0 spiro atoms. The van der Waals surface area contributed by atoms with E-state index in [2.05, 4.69) is 4.98 Å². The largest absolute Gasteiger partial charge is 0.495 e. The Labute approximate surface area is 137 Å². The fourth-order valence-electron chi connectivity index (χ4n) is 2.32. The van der Waals surface area contributed by atoms with Gasteiger partial charge < -0.3 is 9.72 Å². The van der Waals surface area contributed by atoms with Crippen LogP contribution in [-0.2, 0) is 0 Å². The number of aromatic amines is 1. The lowest BCUT2D eigenvalue weighted by Gasteiger charge is -2.11. The van der Waals surface area contributed by atoms with Crippen molar-refractivity contribution in [2.24, 2.45) is 0 Å². The first-order valence-corrected chi connectivity index (χ1v) is 7.42. The SMILES string of the molecule is COc1ccc(C)cc1-n1c(=S)[nH]c2cc(Cl)c(Cl)cc21. The molecule has 0 aliphatic carbocycles. The molecule has 0 unspecified atom stereocenters. The maximum absolute atomic E-state index is 6.14. The van der Waals surface area contributed by atoms with Crippen molar-refractivity contribution in [1.29, 1.82) is 0 Å². The molecule has 6 heteroatoms. The topological polar surface area (TPSA) is 29.9 Å². The first-order valence-electron chi connectivity index (χ1n) is 6.26. The highest BCUT2D eigenvalue weighted by Gasteiger charge is 2.13. The Morgan fingerprint density at radius 1 is 1.14 bits per heavy atom. The van der Waals surface area contributed by atoms with Gasteiger partial charge in [-0.25, -0.2) is 0 Å². The summed E-state index contributed by atoms with van der Waals surface area (Å²) in [7, 11) is 1.64. The van der Waals surface area contributed by atoms with Gasteiger partial charge in [0.25, 0.3) is 0 Å². The van der Waals surface area contributed by atoms with E-state index in [1.54, 1.807) is 19.2 Å². The maximum Gasteiger partial charge on any atom is 0.182 e. The first-order chi connectivity index (χ1) is 10.0. The minimum Gasteiger partial charge on any atom is -0.495 e. The van der Waals surface area contributed by atoms with Crippen LogP contribution in [0.2, 0.25) is 10.0 Å². The van der Waals surface area contributed by atoms with E-state index in [0.717, 1.165) is 28.0 Å². The highest BCUT2D eigenvalue weighted by Crippen LogP contribution is 2.32. The number of rotatable bonds is 2. The molecule has 1 aromatic heterocycles. The normalized spacial score (nSPS) is 11.0. The van der Waals surface area contributed by atoms with Crippen molar-refractivity contribution < 1.29 is 4.74 Å². The van der Waals surface area contributed by atoms with Crippen LogP contribution in [-0.4, -0.2) is 16.7 Å². The summed E-state index contributed by atoms with van der Waals surface area (Å²) in [4.78, 5) is 3.14. The molecule has 0 saturated heterocycles. The molecule has 21 heavy (non-hydrogen) atoms. The minimum atomic E-state index is 0.485. The fraction of sp³-hybridized carbons (Fsp3) is 0.133. The summed E-state index contributed by atoms with van der Waals surface area (Å²) in [6, 6.07) is 9.50. The number of aromatic nitrogens is 2. The van der Waals surface area contributed by atoms with Gasteiger partial charge in [0.1, 0.15) is 5.75 Å². The van der Waals surface area contributed by atoms with Gasteiger partial charge in [-0.2, -0.15) is 0 Å². The molecule has 0 atom stereocenters. The first kappa shape index (κ1) is 14.4. The highest BCUT2D eigenvalue weighted by molar-refractivity contribution is 7.71. The van der Waals surface area contributed by atoms with Gasteiger partial charge in [-0.05, 0) is 49.0 Å². The summed E-state index contributed by atoms with van der Waals surface area (Å²) in [5, 5.41) is 0.974. The summed E-state index contributed by atoms with van der Waals surface area (Å²) in [6.07, 6.45) is 0. The van der Waals surface area contributed by atoms with E-state index in [1.807, 2.05) is 29.7 Å². The summed E-state index contributed by atoms with van der Waals surface area (Å²) < 4.78 is 7.91. The number of fused-ring (bicyclic) bond motifs is 1. The van der Waals surface area contributed by atoms with E-state index in [1.165, 1.54) is 0 Å². The fourth-order valence-corrected chi connectivity index (χ4v) is 2.94. The molecular formula is C15H12Cl2N2OS. The van der Waals surface area contributed by atoms with E-state index < -0.39 is 0 Å². The lowest BCUT2D eigenvalue weighted by atomic mass is 10.2. The zero-order valence-electron chi connectivity index (χ0n) is 11.4. The second kappa shape index (κ2) is 5.37. The lowest BCUT2D eigenvalue weighted by Crippen LogP contribution is -1.98. The molecular weight excluding hydrogens is 327 g/mol. The number of hydrogen-bond donors (Lipinski definition) is 1. The molecule has 3 aromatic rings. The molecule has 0 aliphatic rings. The number of H-pyrrole nitrogens is 1. The van der Waals surface area contributed by atoms with Crippen molar-refractivity contribution in [2.75, 3.05) is 7.11 Å². The van der Waals surface area contributed by atoms with Crippen LogP contribution in [0.3, 0.4) is 0 Å². The average molecular weight is 339 g/mol. The maximum atomic E-state index is 6.14.